The number of methoxy groups -OCH3 is 1. The molecule has 2 heterocycles. The number of halogens is 1. The molecule has 3 aromatic rings. The molecule has 0 unspecified atom stereocenters. The van der Waals surface area contributed by atoms with Crippen molar-refractivity contribution in [2.75, 3.05) is 19.4 Å². The average Bonchev–Trinajstić information content (AvgIpc) is 2.66. The summed E-state index contributed by atoms with van der Waals surface area (Å²) in [5, 5.41) is 15.8. The predicted molar refractivity (Wildman–Crippen MR) is 99.7 cm³/mol. The van der Waals surface area contributed by atoms with Gasteiger partial charge >= 0.3 is 11.6 Å². The molecular weight excluding hydrogens is 351 g/mol. The Balaban J connectivity index is 2.29. The summed E-state index contributed by atoms with van der Waals surface area (Å²) in [5.74, 6) is -0.732. The Hall–Kier alpha value is -3.42. The van der Waals surface area contributed by atoms with E-state index < -0.39 is 11.7 Å². The largest absolute Gasteiger partial charge is 0.618 e. The lowest BCUT2D eigenvalue weighted by molar-refractivity contribution is -0.605. The summed E-state index contributed by atoms with van der Waals surface area (Å²) in [7, 11) is 1.46. The molecule has 7 nitrogen and oxygen atoms in total. The number of nitrogens with two attached hydrogens (primary N) is 1. The molecule has 0 saturated heterocycles. The molecule has 8 heteroatoms. The molecule has 27 heavy (non-hydrogen) atoms. The Morgan fingerprint density at radius 1 is 1.37 bits per heavy atom. The van der Waals surface area contributed by atoms with Crippen molar-refractivity contribution in [3.8, 4) is 16.9 Å². The first-order valence-corrected chi connectivity index (χ1v) is 8.40. The van der Waals surface area contributed by atoms with E-state index in [9.17, 15) is 14.4 Å². The van der Waals surface area contributed by atoms with Crippen LogP contribution in [0.3, 0.4) is 0 Å². The van der Waals surface area contributed by atoms with Crippen molar-refractivity contribution < 1.29 is 18.7 Å². The van der Waals surface area contributed by atoms with Crippen LogP contribution < -0.4 is 20.5 Å². The van der Waals surface area contributed by atoms with Gasteiger partial charge in [0, 0.05) is 35.5 Å². The van der Waals surface area contributed by atoms with Gasteiger partial charge in [0.1, 0.15) is 17.3 Å². The normalized spacial score (nSPS) is 10.8. The minimum atomic E-state index is -0.573. The molecular formula is C19H19FN4O3. The van der Waals surface area contributed by atoms with Crippen LogP contribution in [0.25, 0.3) is 21.9 Å². The number of anilines is 1. The summed E-state index contributed by atoms with van der Waals surface area (Å²) < 4.78 is 20.3. The van der Waals surface area contributed by atoms with Crippen LogP contribution in [0.2, 0.25) is 0 Å². The van der Waals surface area contributed by atoms with Gasteiger partial charge in [-0.25, -0.2) is 4.39 Å². The van der Waals surface area contributed by atoms with E-state index in [-0.39, 0.29) is 22.3 Å². The number of benzene rings is 1. The zero-order chi connectivity index (χ0) is 19.6. The standard InChI is InChI=1S/C19H19FN4O3/c1-3-7-23-19(25)18-17(21)11-4-5-14(20)16(13(11)10-24(18)26)12-9-22-8-6-15(12)27-2/h4-6,8-10H,3,7,21H2,1-2H3,(H,23,25). The van der Waals surface area contributed by atoms with Crippen LogP contribution in [0.5, 0.6) is 5.75 Å². The van der Waals surface area contributed by atoms with Crippen molar-refractivity contribution in [3.05, 3.63) is 53.5 Å². The molecule has 3 N–H and O–H groups in total. The highest BCUT2D eigenvalue weighted by atomic mass is 19.1. The third-order valence-corrected chi connectivity index (χ3v) is 4.23. The van der Waals surface area contributed by atoms with E-state index in [2.05, 4.69) is 10.3 Å². The third-order valence-electron chi connectivity index (χ3n) is 4.23. The second-order valence-electron chi connectivity index (χ2n) is 5.93. The highest BCUT2D eigenvalue weighted by Gasteiger charge is 2.26. The van der Waals surface area contributed by atoms with Crippen LogP contribution in [0, 0.1) is 11.0 Å². The predicted octanol–water partition coefficient (Wildman–Crippen LogP) is 2.40. The maximum absolute atomic E-state index is 14.7. The van der Waals surface area contributed by atoms with Gasteiger partial charge in [-0.1, -0.05) is 6.92 Å². The number of amides is 1. The highest BCUT2D eigenvalue weighted by Crippen LogP contribution is 2.37. The number of carbonyl (C=O) groups is 1. The van der Waals surface area contributed by atoms with Gasteiger partial charge in [0.05, 0.1) is 12.5 Å². The zero-order valence-corrected chi connectivity index (χ0v) is 15.0. The van der Waals surface area contributed by atoms with Crippen LogP contribution in [0.4, 0.5) is 10.1 Å². The van der Waals surface area contributed by atoms with E-state index in [1.54, 1.807) is 6.07 Å². The Morgan fingerprint density at radius 3 is 2.85 bits per heavy atom. The lowest BCUT2D eigenvalue weighted by Gasteiger charge is -2.14. The Bertz CT molecular complexity index is 1020. The Morgan fingerprint density at radius 2 is 2.15 bits per heavy atom. The molecule has 0 aliphatic heterocycles. The van der Waals surface area contributed by atoms with Crippen LogP contribution in [0.15, 0.2) is 36.8 Å². The maximum Gasteiger partial charge on any atom is 0.319 e. The van der Waals surface area contributed by atoms with Crippen molar-refractivity contribution in [1.82, 2.24) is 10.3 Å². The minimum absolute atomic E-state index is 0.0137. The van der Waals surface area contributed by atoms with E-state index in [0.29, 0.717) is 34.4 Å². The molecule has 0 saturated carbocycles. The van der Waals surface area contributed by atoms with Crippen LogP contribution in [-0.4, -0.2) is 24.5 Å². The van der Waals surface area contributed by atoms with E-state index in [4.69, 9.17) is 10.5 Å². The molecule has 1 amide bonds. The Kier molecular flexibility index (Phi) is 5.07. The van der Waals surface area contributed by atoms with Crippen molar-refractivity contribution in [2.24, 2.45) is 0 Å². The van der Waals surface area contributed by atoms with Gasteiger partial charge in [-0.3, -0.25) is 9.78 Å². The van der Waals surface area contributed by atoms with Gasteiger partial charge in [0.25, 0.3) is 0 Å². The number of carbonyl (C=O) groups excluding carboxylic acids is 1. The molecule has 0 fully saturated rings. The molecule has 1 aromatic carbocycles. The van der Waals surface area contributed by atoms with Crippen molar-refractivity contribution in [2.45, 2.75) is 13.3 Å². The lowest BCUT2D eigenvalue weighted by Crippen LogP contribution is -2.40. The molecule has 0 aliphatic carbocycles. The number of hydrogen-bond donors (Lipinski definition) is 2. The number of pyridine rings is 2. The number of hydrogen-bond acceptors (Lipinski definition) is 5. The topological polar surface area (TPSA) is 104 Å². The molecule has 0 aliphatic rings. The number of nitrogen functional groups attached to an aromatic ring is 1. The molecule has 0 atom stereocenters. The second kappa shape index (κ2) is 7.45. The van der Waals surface area contributed by atoms with E-state index >= 15 is 0 Å². The number of nitrogens with one attached hydrogen (secondary N) is 1. The van der Waals surface area contributed by atoms with Gasteiger partial charge in [-0.05, 0) is 24.6 Å². The van der Waals surface area contributed by atoms with Crippen LogP contribution in [0.1, 0.15) is 23.8 Å². The molecule has 0 spiro atoms. The van der Waals surface area contributed by atoms with E-state index in [1.165, 1.54) is 31.6 Å². The number of rotatable bonds is 5. The minimum Gasteiger partial charge on any atom is -0.618 e. The first kappa shape index (κ1) is 18.4. The summed E-state index contributed by atoms with van der Waals surface area (Å²) in [6.45, 7) is 2.31. The summed E-state index contributed by atoms with van der Waals surface area (Å²) >= 11 is 0. The summed E-state index contributed by atoms with van der Waals surface area (Å²) in [4.78, 5) is 16.3. The van der Waals surface area contributed by atoms with Crippen LogP contribution >= 0.6 is 0 Å². The number of nitrogens with zero attached hydrogens (tertiary/aromatic N) is 2. The zero-order valence-electron chi connectivity index (χ0n) is 15.0. The van der Waals surface area contributed by atoms with Gasteiger partial charge < -0.3 is 21.0 Å². The molecule has 0 bridgehead atoms. The molecule has 140 valence electrons. The van der Waals surface area contributed by atoms with Gasteiger partial charge in [-0.2, -0.15) is 4.73 Å². The quantitative estimate of drug-likeness (QED) is 0.530. The fourth-order valence-corrected chi connectivity index (χ4v) is 2.96. The molecule has 3 rings (SSSR count). The van der Waals surface area contributed by atoms with E-state index in [1.807, 2.05) is 6.92 Å². The molecule has 0 radical (unpaired) electrons. The summed E-state index contributed by atoms with van der Waals surface area (Å²) in [6.07, 6.45) is 4.83. The van der Waals surface area contributed by atoms with Gasteiger partial charge in [0.2, 0.25) is 0 Å². The van der Waals surface area contributed by atoms with E-state index in [0.717, 1.165) is 6.20 Å². The maximum atomic E-state index is 14.7. The van der Waals surface area contributed by atoms with Crippen molar-refractivity contribution in [3.63, 3.8) is 0 Å². The fourth-order valence-electron chi connectivity index (χ4n) is 2.96. The first-order chi connectivity index (χ1) is 13.0. The lowest BCUT2D eigenvalue weighted by atomic mass is 9.98. The monoisotopic (exact) mass is 370 g/mol. The fraction of sp³-hybridized carbons (Fsp3) is 0.211. The summed E-state index contributed by atoms with van der Waals surface area (Å²) in [6, 6.07) is 4.28. The van der Waals surface area contributed by atoms with Crippen molar-refractivity contribution in [1.29, 1.82) is 0 Å². The van der Waals surface area contributed by atoms with Crippen LogP contribution in [-0.2, 0) is 0 Å². The second-order valence-corrected chi connectivity index (χ2v) is 5.93. The number of ether oxygens (including phenoxy) is 1. The smallest absolute Gasteiger partial charge is 0.319 e. The Labute approximate surface area is 155 Å². The SMILES string of the molecule is CCCNC(=O)c1c(N)c2ccc(F)c(-c3cnccc3OC)c2c[n+]1[O-]. The number of fused-ring (bicyclic) bond motifs is 1. The third kappa shape index (κ3) is 3.21. The highest BCUT2D eigenvalue weighted by molar-refractivity contribution is 6.08. The van der Waals surface area contributed by atoms with Gasteiger partial charge in [-0.15, -0.1) is 0 Å². The average molecular weight is 370 g/mol. The molecule has 2 aromatic heterocycles. The summed E-state index contributed by atoms with van der Waals surface area (Å²) in [5.41, 5.74) is 6.39. The van der Waals surface area contributed by atoms with Crippen molar-refractivity contribution >= 4 is 22.4 Å². The van der Waals surface area contributed by atoms with Gasteiger partial charge in [0.15, 0.2) is 6.20 Å². The number of aromatic nitrogens is 2. The first-order valence-electron chi connectivity index (χ1n) is 8.40.